The topological polar surface area (TPSA) is 47.4 Å². The molecule has 2 aromatic rings. The summed E-state index contributed by atoms with van der Waals surface area (Å²) in [6, 6.07) is 8.44. The molecular weight excluding hydrogens is 314 g/mol. The Hall–Kier alpha value is -2.30. The molecule has 1 aromatic heterocycles. The van der Waals surface area contributed by atoms with E-state index >= 15 is 0 Å². The Kier molecular flexibility index (Phi) is 4.24. The van der Waals surface area contributed by atoms with Gasteiger partial charge < -0.3 is 9.64 Å². The van der Waals surface area contributed by atoms with Crippen LogP contribution >= 0.6 is 0 Å². The second kappa shape index (κ2) is 6.54. The first-order chi connectivity index (χ1) is 12.2. The number of aryl methyl sites for hydroxylation is 1. The molecule has 25 heavy (non-hydrogen) atoms. The van der Waals surface area contributed by atoms with Gasteiger partial charge in [0.05, 0.1) is 19.3 Å². The molecule has 1 aliphatic heterocycles. The minimum atomic E-state index is 0.145. The van der Waals surface area contributed by atoms with Crippen LogP contribution in [0.2, 0.25) is 0 Å². The fraction of sp³-hybridized carbons (Fsp3) is 0.500. The number of amides is 1. The lowest BCUT2D eigenvalue weighted by atomic mass is 10.0. The van der Waals surface area contributed by atoms with E-state index in [0.29, 0.717) is 17.9 Å². The molecule has 1 aliphatic carbocycles. The summed E-state index contributed by atoms with van der Waals surface area (Å²) < 4.78 is 7.24. The van der Waals surface area contributed by atoms with E-state index in [1.165, 1.54) is 11.1 Å². The van der Waals surface area contributed by atoms with Gasteiger partial charge in [0, 0.05) is 25.2 Å². The molecule has 3 atom stereocenters. The largest absolute Gasteiger partial charge is 0.497 e. The predicted octanol–water partition coefficient (Wildman–Crippen LogP) is 3.17. The highest BCUT2D eigenvalue weighted by molar-refractivity contribution is 5.83. The zero-order valence-electron chi connectivity index (χ0n) is 14.9. The van der Waals surface area contributed by atoms with Crippen LogP contribution in [-0.4, -0.2) is 40.8 Å². The van der Waals surface area contributed by atoms with Gasteiger partial charge in [0.2, 0.25) is 5.91 Å². The van der Waals surface area contributed by atoms with E-state index in [-0.39, 0.29) is 5.92 Å². The van der Waals surface area contributed by atoms with E-state index in [9.17, 15) is 4.79 Å². The smallest absolute Gasteiger partial charge is 0.226 e. The fourth-order valence-electron chi connectivity index (χ4n) is 3.93. The fourth-order valence-corrected chi connectivity index (χ4v) is 3.93. The maximum Gasteiger partial charge on any atom is 0.226 e. The lowest BCUT2D eigenvalue weighted by Gasteiger charge is -2.33. The Labute approximate surface area is 148 Å². The summed E-state index contributed by atoms with van der Waals surface area (Å²) in [4.78, 5) is 15.0. The van der Waals surface area contributed by atoms with Crippen molar-refractivity contribution in [2.24, 2.45) is 5.92 Å². The number of ether oxygens (including phenoxy) is 1. The van der Waals surface area contributed by atoms with Gasteiger partial charge in [-0.25, -0.2) is 0 Å². The molecule has 0 N–H and O–H groups in total. The number of piperidine rings is 1. The highest BCUT2D eigenvalue weighted by Gasteiger charge is 2.46. The molecule has 2 heterocycles. The van der Waals surface area contributed by atoms with Gasteiger partial charge in [-0.05, 0) is 55.4 Å². The summed E-state index contributed by atoms with van der Waals surface area (Å²) >= 11 is 0. The van der Waals surface area contributed by atoms with Crippen LogP contribution in [0.4, 0.5) is 0 Å². The number of benzene rings is 1. The Balaban J connectivity index is 1.39. The molecule has 0 radical (unpaired) electrons. The van der Waals surface area contributed by atoms with Crippen molar-refractivity contribution in [3.63, 3.8) is 0 Å². The molecule has 132 valence electrons. The molecule has 2 aliphatic rings. The molecule has 0 unspecified atom stereocenters. The summed E-state index contributed by atoms with van der Waals surface area (Å²) in [5, 5.41) is 4.44. The molecule has 1 amide bonds. The number of aromatic nitrogens is 2. The first kappa shape index (κ1) is 16.2. The maximum atomic E-state index is 12.9. The van der Waals surface area contributed by atoms with Crippen molar-refractivity contribution in [3.05, 3.63) is 47.8 Å². The number of rotatable bonds is 4. The first-order valence-corrected chi connectivity index (χ1v) is 9.09. The first-order valence-electron chi connectivity index (χ1n) is 9.09. The second-order valence-electron chi connectivity index (χ2n) is 7.30. The molecule has 5 heteroatoms. The van der Waals surface area contributed by atoms with Crippen molar-refractivity contribution in [1.82, 2.24) is 14.7 Å². The van der Waals surface area contributed by atoms with Crippen molar-refractivity contribution in [2.45, 2.75) is 38.1 Å². The van der Waals surface area contributed by atoms with E-state index in [0.717, 1.165) is 38.1 Å². The number of carbonyl (C=O) groups is 1. The number of carbonyl (C=O) groups excluding carboxylic acids is 1. The van der Waals surface area contributed by atoms with Gasteiger partial charge in [-0.2, -0.15) is 5.10 Å². The maximum absolute atomic E-state index is 12.9. The summed E-state index contributed by atoms with van der Waals surface area (Å²) in [5.41, 5.74) is 2.42. The van der Waals surface area contributed by atoms with Crippen molar-refractivity contribution in [3.8, 4) is 5.75 Å². The summed E-state index contributed by atoms with van der Waals surface area (Å²) in [5.74, 6) is 1.69. The van der Waals surface area contributed by atoms with Gasteiger partial charge >= 0.3 is 0 Å². The third-order valence-corrected chi connectivity index (χ3v) is 5.46. The predicted molar refractivity (Wildman–Crippen MR) is 95.7 cm³/mol. The average Bonchev–Trinajstić information content (AvgIpc) is 3.34. The summed E-state index contributed by atoms with van der Waals surface area (Å²) in [6.07, 6.45) is 7.08. The number of likely N-dealkylation sites (tertiary alicyclic amines) is 1. The number of hydrogen-bond donors (Lipinski definition) is 0. The van der Waals surface area contributed by atoms with Crippen LogP contribution in [-0.2, 0) is 4.79 Å². The minimum Gasteiger partial charge on any atom is -0.497 e. The standard InChI is InChI=1S/C20H25N3O2/c1-14-11-21-23(12-14)16-4-3-9-22(13-16)20(24)19-10-18(19)15-5-7-17(25-2)8-6-15/h5-8,11-12,16,18-19H,3-4,9-10,13H2,1-2H3/t16-,18-,19-/m0/s1. The molecular formula is C20H25N3O2. The van der Waals surface area contributed by atoms with Crippen LogP contribution in [0, 0.1) is 12.8 Å². The Morgan fingerprint density at radius 1 is 1.28 bits per heavy atom. The third kappa shape index (κ3) is 3.28. The minimum absolute atomic E-state index is 0.145. The molecule has 2 fully saturated rings. The van der Waals surface area contributed by atoms with Crippen molar-refractivity contribution < 1.29 is 9.53 Å². The van der Waals surface area contributed by atoms with E-state index < -0.39 is 0 Å². The van der Waals surface area contributed by atoms with Crippen LogP contribution < -0.4 is 4.74 Å². The van der Waals surface area contributed by atoms with Crippen LogP contribution in [0.15, 0.2) is 36.7 Å². The van der Waals surface area contributed by atoms with E-state index in [1.54, 1.807) is 7.11 Å². The zero-order chi connectivity index (χ0) is 17.4. The number of methoxy groups -OCH3 is 1. The van der Waals surface area contributed by atoms with Gasteiger partial charge in [0.1, 0.15) is 5.75 Å². The SMILES string of the molecule is COc1ccc([C@@H]2C[C@@H]2C(=O)N2CCC[C@H](n3cc(C)cn3)C2)cc1. The molecule has 1 aromatic carbocycles. The molecule has 0 bridgehead atoms. The van der Waals surface area contributed by atoms with Gasteiger partial charge in [0.15, 0.2) is 0 Å². The normalized spacial score (nSPS) is 25.7. The molecule has 1 saturated heterocycles. The van der Waals surface area contributed by atoms with E-state index in [4.69, 9.17) is 4.74 Å². The lowest BCUT2D eigenvalue weighted by Crippen LogP contribution is -2.41. The highest BCUT2D eigenvalue weighted by atomic mass is 16.5. The monoisotopic (exact) mass is 339 g/mol. The Morgan fingerprint density at radius 2 is 2.08 bits per heavy atom. The zero-order valence-corrected chi connectivity index (χ0v) is 14.9. The van der Waals surface area contributed by atoms with Crippen LogP contribution in [0.5, 0.6) is 5.75 Å². The van der Waals surface area contributed by atoms with Crippen LogP contribution in [0.3, 0.4) is 0 Å². The quantitative estimate of drug-likeness (QED) is 0.859. The Morgan fingerprint density at radius 3 is 2.76 bits per heavy atom. The molecule has 4 rings (SSSR count). The lowest BCUT2D eigenvalue weighted by molar-refractivity contribution is -0.134. The van der Waals surface area contributed by atoms with E-state index in [2.05, 4.69) is 35.3 Å². The van der Waals surface area contributed by atoms with Crippen LogP contribution in [0.25, 0.3) is 0 Å². The van der Waals surface area contributed by atoms with Crippen LogP contribution in [0.1, 0.15) is 42.3 Å². The molecule has 0 spiro atoms. The number of hydrogen-bond acceptors (Lipinski definition) is 3. The van der Waals surface area contributed by atoms with Gasteiger partial charge in [-0.15, -0.1) is 0 Å². The van der Waals surface area contributed by atoms with Gasteiger partial charge in [-0.3, -0.25) is 9.48 Å². The van der Waals surface area contributed by atoms with Gasteiger partial charge in [-0.1, -0.05) is 12.1 Å². The van der Waals surface area contributed by atoms with E-state index in [1.807, 2.05) is 23.0 Å². The molecule has 1 saturated carbocycles. The average molecular weight is 339 g/mol. The van der Waals surface area contributed by atoms with Crippen molar-refractivity contribution >= 4 is 5.91 Å². The third-order valence-electron chi connectivity index (χ3n) is 5.46. The Bertz CT molecular complexity index is 753. The summed E-state index contributed by atoms with van der Waals surface area (Å²) in [6.45, 7) is 3.71. The highest BCUT2D eigenvalue weighted by Crippen LogP contribution is 2.49. The molecule has 5 nitrogen and oxygen atoms in total. The van der Waals surface area contributed by atoms with Crippen molar-refractivity contribution in [2.75, 3.05) is 20.2 Å². The van der Waals surface area contributed by atoms with Gasteiger partial charge in [0.25, 0.3) is 0 Å². The summed E-state index contributed by atoms with van der Waals surface area (Å²) in [7, 11) is 1.67. The van der Waals surface area contributed by atoms with Crippen molar-refractivity contribution in [1.29, 1.82) is 0 Å². The number of nitrogens with zero attached hydrogens (tertiary/aromatic N) is 3. The second-order valence-corrected chi connectivity index (χ2v) is 7.30.